The zero-order valence-electron chi connectivity index (χ0n) is 15.5. The van der Waals surface area contributed by atoms with Crippen molar-refractivity contribution in [1.29, 1.82) is 0 Å². The van der Waals surface area contributed by atoms with Crippen LogP contribution in [0.15, 0.2) is 18.2 Å². The Morgan fingerprint density at radius 3 is 3.04 bits per heavy atom. The molecule has 5 heteroatoms. The Labute approximate surface area is 150 Å². The minimum absolute atomic E-state index is 0.0544. The fraction of sp³-hybridized carbons (Fsp3) is 0.650. The highest BCUT2D eigenvalue weighted by molar-refractivity contribution is 5.76. The number of benzene rings is 1. The molecule has 0 radical (unpaired) electrons. The van der Waals surface area contributed by atoms with E-state index < -0.39 is 0 Å². The standard InChI is InChI=1S/C20H31N3O2/c1-20(2)12-15-6-5-7-16(19(15)25-20)14-23-11-4-3-8-17(23)13-22-18(24)9-10-21/h5-7,17H,3-4,8-14,21H2,1-2H3,(H,22,24). The van der Waals surface area contributed by atoms with Gasteiger partial charge in [-0.2, -0.15) is 0 Å². The molecule has 1 fully saturated rings. The molecule has 5 nitrogen and oxygen atoms in total. The molecule has 1 saturated heterocycles. The van der Waals surface area contributed by atoms with Crippen LogP contribution in [0, 0.1) is 0 Å². The fourth-order valence-electron chi connectivity index (χ4n) is 3.97. The monoisotopic (exact) mass is 345 g/mol. The van der Waals surface area contributed by atoms with E-state index in [1.54, 1.807) is 0 Å². The van der Waals surface area contributed by atoms with Crippen LogP contribution in [0.4, 0.5) is 0 Å². The molecule has 1 unspecified atom stereocenters. The Morgan fingerprint density at radius 2 is 2.24 bits per heavy atom. The van der Waals surface area contributed by atoms with Gasteiger partial charge < -0.3 is 15.8 Å². The number of ether oxygens (including phenoxy) is 1. The van der Waals surface area contributed by atoms with Gasteiger partial charge in [-0.05, 0) is 38.8 Å². The number of nitrogens with zero attached hydrogens (tertiary/aromatic N) is 1. The van der Waals surface area contributed by atoms with Crippen molar-refractivity contribution in [3.8, 4) is 5.75 Å². The summed E-state index contributed by atoms with van der Waals surface area (Å²) in [7, 11) is 0. The molecule has 138 valence electrons. The Kier molecular flexibility index (Phi) is 5.64. The zero-order chi connectivity index (χ0) is 17.9. The highest BCUT2D eigenvalue weighted by atomic mass is 16.5. The number of para-hydroxylation sites is 1. The number of amides is 1. The third-order valence-electron chi connectivity index (χ3n) is 5.20. The largest absolute Gasteiger partial charge is 0.487 e. The molecule has 3 N–H and O–H groups in total. The summed E-state index contributed by atoms with van der Waals surface area (Å²) >= 11 is 0. The van der Waals surface area contributed by atoms with Crippen LogP contribution >= 0.6 is 0 Å². The van der Waals surface area contributed by atoms with E-state index in [2.05, 4.69) is 42.3 Å². The van der Waals surface area contributed by atoms with Crippen LogP contribution in [0.3, 0.4) is 0 Å². The minimum atomic E-state index is -0.115. The first-order chi connectivity index (χ1) is 12.0. The van der Waals surface area contributed by atoms with E-state index in [1.165, 1.54) is 24.0 Å². The number of fused-ring (bicyclic) bond motifs is 1. The second kappa shape index (κ2) is 7.75. The van der Waals surface area contributed by atoms with E-state index in [0.717, 1.165) is 31.7 Å². The van der Waals surface area contributed by atoms with Crippen LogP contribution in [0.25, 0.3) is 0 Å². The molecule has 0 aromatic heterocycles. The molecule has 1 atom stereocenters. The first kappa shape index (κ1) is 18.2. The number of likely N-dealkylation sites (tertiary alicyclic amines) is 1. The van der Waals surface area contributed by atoms with Crippen molar-refractivity contribution in [3.63, 3.8) is 0 Å². The fourth-order valence-corrected chi connectivity index (χ4v) is 3.97. The molecule has 0 bridgehead atoms. The summed E-state index contributed by atoms with van der Waals surface area (Å²) in [5.41, 5.74) is 7.92. The summed E-state index contributed by atoms with van der Waals surface area (Å²) in [4.78, 5) is 14.2. The van der Waals surface area contributed by atoms with Gasteiger partial charge in [-0.15, -0.1) is 0 Å². The van der Waals surface area contributed by atoms with Crippen LogP contribution in [0.5, 0.6) is 5.75 Å². The Balaban J connectivity index is 1.67. The average molecular weight is 345 g/mol. The lowest BCUT2D eigenvalue weighted by molar-refractivity contribution is -0.121. The van der Waals surface area contributed by atoms with E-state index >= 15 is 0 Å². The van der Waals surface area contributed by atoms with Crippen molar-refractivity contribution in [1.82, 2.24) is 10.2 Å². The van der Waals surface area contributed by atoms with Gasteiger partial charge >= 0.3 is 0 Å². The van der Waals surface area contributed by atoms with E-state index in [1.807, 2.05) is 0 Å². The van der Waals surface area contributed by atoms with Crippen LogP contribution in [0.1, 0.15) is 50.7 Å². The third kappa shape index (κ3) is 4.53. The maximum absolute atomic E-state index is 11.7. The number of rotatable bonds is 6. The van der Waals surface area contributed by atoms with Gasteiger partial charge in [-0.1, -0.05) is 24.6 Å². The predicted molar refractivity (Wildman–Crippen MR) is 99.6 cm³/mol. The molecule has 2 aliphatic heterocycles. The van der Waals surface area contributed by atoms with Gasteiger partial charge in [-0.3, -0.25) is 9.69 Å². The Hall–Kier alpha value is -1.59. The van der Waals surface area contributed by atoms with Gasteiger partial charge in [0.1, 0.15) is 11.4 Å². The van der Waals surface area contributed by atoms with Gasteiger partial charge in [0.2, 0.25) is 5.91 Å². The summed E-state index contributed by atoms with van der Waals surface area (Å²) in [5.74, 6) is 1.13. The number of hydrogen-bond acceptors (Lipinski definition) is 4. The predicted octanol–water partition coefficient (Wildman–Crippen LogP) is 2.22. The van der Waals surface area contributed by atoms with Crippen LogP contribution < -0.4 is 15.8 Å². The smallest absolute Gasteiger partial charge is 0.221 e. The zero-order valence-corrected chi connectivity index (χ0v) is 15.5. The Bertz CT molecular complexity index is 615. The first-order valence-corrected chi connectivity index (χ1v) is 9.49. The molecule has 2 aliphatic rings. The molecule has 1 amide bonds. The number of piperidine rings is 1. The SMILES string of the molecule is CC1(C)Cc2cccc(CN3CCCCC3CNC(=O)CCN)c2O1. The second-order valence-electron chi connectivity index (χ2n) is 7.91. The third-order valence-corrected chi connectivity index (χ3v) is 5.20. The number of nitrogens with two attached hydrogens (primary N) is 1. The lowest BCUT2D eigenvalue weighted by Gasteiger charge is -2.36. The van der Waals surface area contributed by atoms with Crippen molar-refractivity contribution in [2.75, 3.05) is 19.6 Å². The summed E-state index contributed by atoms with van der Waals surface area (Å²) in [6, 6.07) is 6.88. The number of carbonyl (C=O) groups is 1. The van der Waals surface area contributed by atoms with Gasteiger partial charge in [0.15, 0.2) is 0 Å². The second-order valence-corrected chi connectivity index (χ2v) is 7.91. The summed E-state index contributed by atoms with van der Waals surface area (Å²) in [6.07, 6.45) is 4.94. The van der Waals surface area contributed by atoms with Crippen LogP contribution in [-0.2, 0) is 17.8 Å². The lowest BCUT2D eigenvalue weighted by Crippen LogP contribution is -2.46. The summed E-state index contributed by atoms with van der Waals surface area (Å²) in [5, 5.41) is 3.04. The van der Waals surface area contributed by atoms with E-state index in [9.17, 15) is 4.79 Å². The number of carbonyl (C=O) groups excluding carboxylic acids is 1. The number of hydrogen-bond donors (Lipinski definition) is 2. The van der Waals surface area contributed by atoms with E-state index in [0.29, 0.717) is 25.6 Å². The van der Waals surface area contributed by atoms with Crippen molar-refractivity contribution in [2.45, 2.75) is 64.1 Å². The quantitative estimate of drug-likeness (QED) is 0.830. The Morgan fingerprint density at radius 1 is 1.40 bits per heavy atom. The number of nitrogens with one attached hydrogen (secondary N) is 1. The van der Waals surface area contributed by atoms with Crippen molar-refractivity contribution in [2.24, 2.45) is 5.73 Å². The summed E-state index contributed by atoms with van der Waals surface area (Å²) < 4.78 is 6.22. The van der Waals surface area contributed by atoms with Gasteiger partial charge in [-0.25, -0.2) is 0 Å². The summed E-state index contributed by atoms with van der Waals surface area (Å²) in [6.45, 7) is 7.37. The van der Waals surface area contributed by atoms with Gasteiger partial charge in [0, 0.05) is 44.1 Å². The van der Waals surface area contributed by atoms with E-state index in [-0.39, 0.29) is 11.5 Å². The maximum atomic E-state index is 11.7. The maximum Gasteiger partial charge on any atom is 0.221 e. The van der Waals surface area contributed by atoms with Crippen LogP contribution in [0.2, 0.25) is 0 Å². The molecule has 0 saturated carbocycles. The van der Waals surface area contributed by atoms with Crippen molar-refractivity contribution in [3.05, 3.63) is 29.3 Å². The molecule has 1 aromatic carbocycles. The highest BCUT2D eigenvalue weighted by Crippen LogP contribution is 2.38. The molecule has 25 heavy (non-hydrogen) atoms. The lowest BCUT2D eigenvalue weighted by atomic mass is 9.98. The molecule has 0 spiro atoms. The van der Waals surface area contributed by atoms with Gasteiger partial charge in [0.05, 0.1) is 0 Å². The van der Waals surface area contributed by atoms with E-state index in [4.69, 9.17) is 10.5 Å². The minimum Gasteiger partial charge on any atom is -0.487 e. The molecule has 3 rings (SSSR count). The topological polar surface area (TPSA) is 67.6 Å². The molecule has 0 aliphatic carbocycles. The van der Waals surface area contributed by atoms with Crippen molar-refractivity contribution >= 4 is 5.91 Å². The normalized spacial score (nSPS) is 22.3. The molecular formula is C20H31N3O2. The molecule has 2 heterocycles. The molecule has 1 aromatic rings. The van der Waals surface area contributed by atoms with Gasteiger partial charge in [0.25, 0.3) is 0 Å². The van der Waals surface area contributed by atoms with Crippen LogP contribution in [-0.4, -0.2) is 42.1 Å². The first-order valence-electron chi connectivity index (χ1n) is 9.49. The average Bonchev–Trinajstić information content (AvgIpc) is 2.89. The van der Waals surface area contributed by atoms with Crippen molar-refractivity contribution < 1.29 is 9.53 Å². The highest BCUT2D eigenvalue weighted by Gasteiger charge is 2.32. The molecular weight excluding hydrogens is 314 g/mol.